The van der Waals surface area contributed by atoms with Crippen molar-refractivity contribution in [1.29, 1.82) is 0 Å². The van der Waals surface area contributed by atoms with Gasteiger partial charge in [0.2, 0.25) is 0 Å². The number of rotatable bonds is 3. The van der Waals surface area contributed by atoms with Crippen LogP contribution in [0.5, 0.6) is 0 Å². The molecule has 0 fully saturated rings. The van der Waals surface area contributed by atoms with Crippen LogP contribution >= 0.6 is 11.6 Å². The van der Waals surface area contributed by atoms with E-state index < -0.39 is 5.82 Å². The summed E-state index contributed by atoms with van der Waals surface area (Å²) >= 11 is 5.69. The van der Waals surface area contributed by atoms with Crippen LogP contribution in [0, 0.1) is 19.7 Å². The maximum atomic E-state index is 13.6. The van der Waals surface area contributed by atoms with Gasteiger partial charge in [-0.3, -0.25) is 4.79 Å². The van der Waals surface area contributed by atoms with Gasteiger partial charge in [0.1, 0.15) is 11.6 Å². The van der Waals surface area contributed by atoms with Crippen molar-refractivity contribution >= 4 is 17.3 Å². The Balaban J connectivity index is 2.08. The van der Waals surface area contributed by atoms with Gasteiger partial charge in [0.05, 0.1) is 22.9 Å². The van der Waals surface area contributed by atoms with Gasteiger partial charge in [-0.05, 0) is 37.6 Å². The predicted octanol–water partition coefficient (Wildman–Crippen LogP) is 3.54. The van der Waals surface area contributed by atoms with E-state index in [1.165, 1.54) is 16.7 Å². The van der Waals surface area contributed by atoms with Crippen molar-refractivity contribution in [1.82, 2.24) is 9.72 Å². The number of nitrogens with zero attached hydrogens (tertiary/aromatic N) is 2. The van der Waals surface area contributed by atoms with Crippen molar-refractivity contribution in [3.63, 3.8) is 0 Å². The lowest BCUT2D eigenvalue weighted by atomic mass is 10.1. The Morgan fingerprint density at radius 2 is 2.08 bits per heavy atom. The van der Waals surface area contributed by atoms with Gasteiger partial charge in [0.25, 0.3) is 5.56 Å². The summed E-state index contributed by atoms with van der Waals surface area (Å²) in [5.41, 5.74) is 8.43. The summed E-state index contributed by atoms with van der Waals surface area (Å²) in [6.45, 7) is 3.77. The molecule has 24 heavy (non-hydrogen) atoms. The molecule has 0 aliphatic heterocycles. The van der Waals surface area contributed by atoms with Crippen molar-refractivity contribution in [3.05, 3.63) is 68.7 Å². The smallest absolute Gasteiger partial charge is 0.274 e. The van der Waals surface area contributed by atoms with E-state index in [1.807, 2.05) is 6.92 Å². The number of aromatic nitrogens is 2. The van der Waals surface area contributed by atoms with Crippen LogP contribution in [0.4, 0.5) is 10.1 Å². The van der Waals surface area contributed by atoms with E-state index in [4.69, 9.17) is 21.9 Å². The van der Waals surface area contributed by atoms with Crippen LogP contribution in [0.2, 0.25) is 5.02 Å². The van der Waals surface area contributed by atoms with Gasteiger partial charge in [-0.2, -0.15) is 0 Å². The molecular formula is C17H15ClFN3O2. The molecule has 3 rings (SSSR count). The third kappa shape index (κ3) is 2.92. The number of nitrogen functional groups attached to an aromatic ring is 1. The van der Waals surface area contributed by atoms with Gasteiger partial charge in [-0.25, -0.2) is 4.39 Å². The minimum absolute atomic E-state index is 0.0371. The third-order valence-corrected chi connectivity index (χ3v) is 4.08. The van der Waals surface area contributed by atoms with Gasteiger partial charge >= 0.3 is 0 Å². The molecule has 0 atom stereocenters. The number of aryl methyl sites for hydroxylation is 2. The molecule has 0 aliphatic rings. The van der Waals surface area contributed by atoms with Gasteiger partial charge in [-0.15, -0.1) is 0 Å². The first-order valence-corrected chi connectivity index (χ1v) is 7.61. The van der Waals surface area contributed by atoms with Gasteiger partial charge in [0, 0.05) is 17.3 Å². The van der Waals surface area contributed by atoms with E-state index in [0.717, 1.165) is 11.1 Å². The van der Waals surface area contributed by atoms with Crippen LogP contribution in [-0.4, -0.2) is 9.72 Å². The molecule has 0 amide bonds. The topological polar surface area (TPSA) is 74.1 Å². The maximum absolute atomic E-state index is 13.6. The normalized spacial score (nSPS) is 11.0. The molecule has 0 saturated heterocycles. The van der Waals surface area contributed by atoms with Crippen LogP contribution in [0.1, 0.15) is 17.0 Å². The first-order chi connectivity index (χ1) is 11.4. The molecule has 5 nitrogen and oxygen atoms in total. The standard InChI is InChI=1S/C17H15ClFN3O2/c1-9-16(10(2)24-21-9)12-6-15(20)17(23)22(8-12)7-11-3-4-13(18)14(19)5-11/h3-6,8H,7,20H2,1-2H3. The predicted molar refractivity (Wildman–Crippen MR) is 90.6 cm³/mol. The fraction of sp³-hybridized carbons (Fsp3) is 0.176. The highest BCUT2D eigenvalue weighted by atomic mass is 35.5. The Labute approximate surface area is 142 Å². The van der Waals surface area contributed by atoms with Gasteiger partial charge in [-0.1, -0.05) is 22.8 Å². The van der Waals surface area contributed by atoms with Crippen molar-refractivity contribution in [2.45, 2.75) is 20.4 Å². The summed E-state index contributed by atoms with van der Waals surface area (Å²) < 4.78 is 20.2. The van der Waals surface area contributed by atoms with E-state index in [0.29, 0.717) is 17.0 Å². The van der Waals surface area contributed by atoms with E-state index in [9.17, 15) is 9.18 Å². The van der Waals surface area contributed by atoms with Crippen LogP contribution in [-0.2, 0) is 6.54 Å². The molecule has 1 aromatic carbocycles. The molecular weight excluding hydrogens is 333 g/mol. The second-order valence-corrected chi connectivity index (χ2v) is 5.97. The number of benzene rings is 1. The number of hydrogen-bond donors (Lipinski definition) is 1. The molecule has 0 saturated carbocycles. The number of pyridine rings is 1. The van der Waals surface area contributed by atoms with Crippen LogP contribution in [0.15, 0.2) is 39.8 Å². The third-order valence-electron chi connectivity index (χ3n) is 3.77. The Morgan fingerprint density at radius 1 is 1.33 bits per heavy atom. The summed E-state index contributed by atoms with van der Waals surface area (Å²) in [5.74, 6) is 0.103. The van der Waals surface area contributed by atoms with Crippen molar-refractivity contribution in [3.8, 4) is 11.1 Å². The van der Waals surface area contributed by atoms with Crippen LogP contribution in [0.25, 0.3) is 11.1 Å². The fourth-order valence-corrected chi connectivity index (χ4v) is 2.76. The highest BCUT2D eigenvalue weighted by molar-refractivity contribution is 6.30. The van der Waals surface area contributed by atoms with Crippen LogP contribution in [0.3, 0.4) is 0 Å². The molecule has 0 bridgehead atoms. The van der Waals surface area contributed by atoms with E-state index in [-0.39, 0.29) is 22.8 Å². The zero-order valence-corrected chi connectivity index (χ0v) is 13.9. The Bertz CT molecular complexity index is 959. The molecule has 124 valence electrons. The quantitative estimate of drug-likeness (QED) is 0.786. The second kappa shape index (κ2) is 6.13. The zero-order chi connectivity index (χ0) is 17.4. The SMILES string of the molecule is Cc1noc(C)c1-c1cc(N)c(=O)n(Cc2ccc(Cl)c(F)c2)c1. The molecule has 7 heteroatoms. The average molecular weight is 348 g/mol. The summed E-state index contributed by atoms with van der Waals surface area (Å²) in [6.07, 6.45) is 1.66. The summed E-state index contributed by atoms with van der Waals surface area (Å²) in [7, 11) is 0. The monoisotopic (exact) mass is 347 g/mol. The Kier molecular flexibility index (Phi) is 4.15. The first kappa shape index (κ1) is 16.3. The minimum Gasteiger partial charge on any atom is -0.394 e. The molecule has 2 aromatic heterocycles. The lowest BCUT2D eigenvalue weighted by molar-refractivity contribution is 0.393. The lowest BCUT2D eigenvalue weighted by Gasteiger charge is -2.11. The second-order valence-electron chi connectivity index (χ2n) is 5.56. The summed E-state index contributed by atoms with van der Waals surface area (Å²) in [5, 5.41) is 3.95. The molecule has 3 aromatic rings. The Hall–Kier alpha value is -2.60. The van der Waals surface area contributed by atoms with E-state index >= 15 is 0 Å². The number of nitrogens with two attached hydrogens (primary N) is 1. The number of halogens is 2. The molecule has 2 heterocycles. The summed E-state index contributed by atoms with van der Waals surface area (Å²) in [4.78, 5) is 12.3. The van der Waals surface area contributed by atoms with Crippen molar-refractivity contribution in [2.75, 3.05) is 5.73 Å². The molecule has 0 aliphatic carbocycles. The maximum Gasteiger partial charge on any atom is 0.274 e. The lowest BCUT2D eigenvalue weighted by Crippen LogP contribution is -2.23. The molecule has 0 unspecified atom stereocenters. The minimum atomic E-state index is -0.530. The molecule has 2 N–H and O–H groups in total. The number of hydrogen-bond acceptors (Lipinski definition) is 4. The fourth-order valence-electron chi connectivity index (χ4n) is 2.64. The highest BCUT2D eigenvalue weighted by Gasteiger charge is 2.14. The van der Waals surface area contributed by atoms with E-state index in [2.05, 4.69) is 5.16 Å². The zero-order valence-electron chi connectivity index (χ0n) is 13.1. The number of anilines is 1. The van der Waals surface area contributed by atoms with Gasteiger partial charge < -0.3 is 14.8 Å². The summed E-state index contributed by atoms with van der Waals surface area (Å²) in [6, 6.07) is 6.01. The van der Waals surface area contributed by atoms with Gasteiger partial charge in [0.15, 0.2) is 0 Å². The van der Waals surface area contributed by atoms with Crippen molar-refractivity contribution < 1.29 is 8.91 Å². The van der Waals surface area contributed by atoms with E-state index in [1.54, 1.807) is 25.3 Å². The molecule has 0 radical (unpaired) electrons. The molecule has 0 spiro atoms. The largest absolute Gasteiger partial charge is 0.394 e. The van der Waals surface area contributed by atoms with Crippen LogP contribution < -0.4 is 11.3 Å². The van der Waals surface area contributed by atoms with Crippen molar-refractivity contribution in [2.24, 2.45) is 0 Å². The Morgan fingerprint density at radius 3 is 2.71 bits per heavy atom. The average Bonchev–Trinajstić information content (AvgIpc) is 2.86. The first-order valence-electron chi connectivity index (χ1n) is 7.24. The highest BCUT2D eigenvalue weighted by Crippen LogP contribution is 2.27.